The molecule has 2 aromatic carbocycles. The number of benzene rings is 2. The van der Waals surface area contributed by atoms with Crippen LogP contribution < -0.4 is 16.2 Å². The predicted octanol–water partition coefficient (Wildman–Crippen LogP) is 0.297. The summed E-state index contributed by atoms with van der Waals surface area (Å²) in [6.07, 6.45) is -5.83. The highest BCUT2D eigenvalue weighted by atomic mass is 32.2. The van der Waals surface area contributed by atoms with E-state index in [4.69, 9.17) is 17.3 Å². The molecule has 0 saturated carbocycles. The summed E-state index contributed by atoms with van der Waals surface area (Å²) in [5.74, 6) is 0. The van der Waals surface area contributed by atoms with Crippen LogP contribution in [0.15, 0.2) is 65.0 Å². The number of hydrazine groups is 1. The van der Waals surface area contributed by atoms with Gasteiger partial charge >= 0.3 is 0 Å². The summed E-state index contributed by atoms with van der Waals surface area (Å²) in [6.45, 7) is -0.836. The molecule has 206 valence electrons. The average molecular weight is 600 g/mol. The molecule has 0 bridgehead atoms. The molecule has 0 aliphatic carbocycles. The molecule has 3 rings (SSSR count). The van der Waals surface area contributed by atoms with Crippen LogP contribution in [0.1, 0.15) is 0 Å². The number of nitrogens with one attached hydrogen (secondary N) is 3. The molecule has 1 heterocycles. The van der Waals surface area contributed by atoms with Crippen molar-refractivity contribution in [1.82, 2.24) is 21.0 Å². The minimum Gasteiger partial charge on any atom is -0.394 e. The molecule has 1 aromatic heterocycles. The Bertz CT molecular complexity index is 1180. The lowest BCUT2D eigenvalue weighted by Crippen LogP contribution is -2.61. The van der Waals surface area contributed by atoms with Crippen molar-refractivity contribution < 1.29 is 29.7 Å². The topological polar surface area (TPSA) is 180 Å². The van der Waals surface area contributed by atoms with E-state index in [-0.39, 0.29) is 5.11 Å². The Hall–Kier alpha value is -2.05. The normalized spacial score (nSPS) is 17.0. The van der Waals surface area contributed by atoms with Crippen molar-refractivity contribution in [1.29, 1.82) is 0 Å². The van der Waals surface area contributed by atoms with E-state index < -0.39 is 52.4 Å². The fraction of sp³-hybridized carbons (Fsp3) is 0.348. The lowest BCUT2D eigenvalue weighted by molar-refractivity contribution is -0.121. The van der Waals surface area contributed by atoms with Gasteiger partial charge in [0.05, 0.1) is 12.6 Å². The Morgan fingerprint density at radius 1 is 1.00 bits per heavy atom. The van der Waals surface area contributed by atoms with Gasteiger partial charge in [0.15, 0.2) is 9.45 Å². The van der Waals surface area contributed by atoms with Crippen molar-refractivity contribution in [3.8, 4) is 10.6 Å². The van der Waals surface area contributed by atoms with Crippen molar-refractivity contribution in [2.45, 2.75) is 39.4 Å². The largest absolute Gasteiger partial charge is 0.394 e. The van der Waals surface area contributed by atoms with Gasteiger partial charge in [-0.05, 0) is 24.4 Å². The number of hydrogen-bond donors (Lipinski definition) is 8. The summed E-state index contributed by atoms with van der Waals surface area (Å²) < 4.78 is 12.4. The number of aliphatic hydroxyl groups excluding tert-OH is 5. The molecular formula is C23H29N5O6S4. The fourth-order valence-electron chi connectivity index (χ4n) is 3.30. The molecule has 0 saturated heterocycles. The van der Waals surface area contributed by atoms with Crippen LogP contribution in [0.5, 0.6) is 0 Å². The maximum Gasteiger partial charge on any atom is 0.185 e. The van der Waals surface area contributed by atoms with Crippen molar-refractivity contribution in [3.63, 3.8) is 0 Å². The van der Waals surface area contributed by atoms with E-state index in [1.807, 2.05) is 48.5 Å². The molecule has 7 atom stereocenters. The van der Waals surface area contributed by atoms with Gasteiger partial charge < -0.3 is 30.8 Å². The number of thioether (sulfide) groups is 1. The SMILES string of the molecule is CS(=O)C(Sc1nnc(-c2ccccc2)s1)C(NNC(=S)Nc1ccccc1)[C@H](O)[C@@H](O)[C@H](O)[C@H](O)CO. The number of rotatable bonds is 13. The Kier molecular flexibility index (Phi) is 12.0. The summed E-state index contributed by atoms with van der Waals surface area (Å²) in [5.41, 5.74) is 7.07. The smallest absolute Gasteiger partial charge is 0.185 e. The third-order valence-corrected chi connectivity index (χ3v) is 9.67. The van der Waals surface area contributed by atoms with Gasteiger partial charge in [0.2, 0.25) is 0 Å². The Labute approximate surface area is 235 Å². The number of anilines is 1. The summed E-state index contributed by atoms with van der Waals surface area (Å²) in [5, 5.41) is 62.8. The first-order chi connectivity index (χ1) is 18.2. The van der Waals surface area contributed by atoms with Crippen LogP contribution in [0, 0.1) is 0 Å². The van der Waals surface area contributed by atoms with E-state index in [0.29, 0.717) is 15.0 Å². The second-order valence-electron chi connectivity index (χ2n) is 8.06. The lowest BCUT2D eigenvalue weighted by Gasteiger charge is -2.34. The molecule has 38 heavy (non-hydrogen) atoms. The fourth-order valence-corrected chi connectivity index (χ4v) is 7.10. The number of para-hydroxylation sites is 1. The van der Waals surface area contributed by atoms with Crippen LogP contribution >= 0.6 is 35.3 Å². The highest BCUT2D eigenvalue weighted by Gasteiger charge is 2.40. The van der Waals surface area contributed by atoms with Crippen LogP contribution in [0.3, 0.4) is 0 Å². The van der Waals surface area contributed by atoms with Crippen LogP contribution in [0.2, 0.25) is 0 Å². The van der Waals surface area contributed by atoms with Gasteiger partial charge in [-0.25, -0.2) is 5.43 Å². The average Bonchev–Trinajstić information content (AvgIpc) is 3.40. The summed E-state index contributed by atoms with van der Waals surface area (Å²) in [4.78, 5) is 0. The van der Waals surface area contributed by atoms with Crippen LogP contribution in [0.4, 0.5) is 5.69 Å². The van der Waals surface area contributed by atoms with Crippen molar-refractivity contribution >= 4 is 56.9 Å². The van der Waals surface area contributed by atoms with E-state index in [1.54, 1.807) is 12.1 Å². The zero-order valence-corrected chi connectivity index (χ0v) is 23.4. The molecule has 3 unspecified atom stereocenters. The van der Waals surface area contributed by atoms with Gasteiger partial charge in [0.25, 0.3) is 0 Å². The Morgan fingerprint density at radius 3 is 2.24 bits per heavy atom. The molecule has 15 heteroatoms. The monoisotopic (exact) mass is 599 g/mol. The highest BCUT2D eigenvalue weighted by Crippen LogP contribution is 2.34. The van der Waals surface area contributed by atoms with E-state index in [1.165, 1.54) is 17.6 Å². The summed E-state index contributed by atoms with van der Waals surface area (Å²) >= 11 is 7.63. The summed E-state index contributed by atoms with van der Waals surface area (Å²) in [7, 11) is -1.61. The zero-order chi connectivity index (χ0) is 27.7. The number of nitrogens with zero attached hydrogens (tertiary/aromatic N) is 2. The first-order valence-electron chi connectivity index (χ1n) is 11.3. The minimum atomic E-state index is -1.91. The second-order valence-corrected chi connectivity index (χ2v) is 12.6. The van der Waals surface area contributed by atoms with E-state index in [2.05, 4.69) is 26.4 Å². The van der Waals surface area contributed by atoms with Gasteiger partial charge in [0, 0.05) is 28.3 Å². The maximum absolute atomic E-state index is 12.9. The predicted molar refractivity (Wildman–Crippen MR) is 153 cm³/mol. The van der Waals surface area contributed by atoms with Gasteiger partial charge in [-0.2, -0.15) is 0 Å². The number of aliphatic hydroxyl groups is 5. The zero-order valence-electron chi connectivity index (χ0n) is 20.1. The molecule has 0 amide bonds. The number of hydrogen-bond acceptors (Lipinski definition) is 12. The van der Waals surface area contributed by atoms with E-state index >= 15 is 0 Å². The molecule has 0 spiro atoms. The molecule has 0 aliphatic rings. The molecule has 3 aromatic rings. The summed E-state index contributed by atoms with van der Waals surface area (Å²) in [6, 6.07) is 17.2. The highest BCUT2D eigenvalue weighted by molar-refractivity contribution is 8.12. The molecule has 0 radical (unpaired) electrons. The molecule has 0 aliphatic heterocycles. The maximum atomic E-state index is 12.9. The minimum absolute atomic E-state index is 0.117. The first kappa shape index (κ1) is 30.5. The molecule has 11 nitrogen and oxygen atoms in total. The van der Waals surface area contributed by atoms with Gasteiger partial charge in [-0.15, -0.1) is 10.2 Å². The molecule has 0 fully saturated rings. The van der Waals surface area contributed by atoms with E-state index in [9.17, 15) is 24.6 Å². The molecular weight excluding hydrogens is 571 g/mol. The number of aromatic nitrogens is 2. The lowest BCUT2D eigenvalue weighted by atomic mass is 9.99. The quantitative estimate of drug-likeness (QED) is 0.0764. The third kappa shape index (κ3) is 8.47. The van der Waals surface area contributed by atoms with Gasteiger partial charge in [0.1, 0.15) is 34.0 Å². The van der Waals surface area contributed by atoms with E-state index in [0.717, 1.165) is 17.3 Å². The van der Waals surface area contributed by atoms with Gasteiger partial charge in [-0.3, -0.25) is 9.63 Å². The Balaban J connectivity index is 1.82. The van der Waals surface area contributed by atoms with Crippen molar-refractivity contribution in [2.75, 3.05) is 18.2 Å². The van der Waals surface area contributed by atoms with Gasteiger partial charge in [-0.1, -0.05) is 71.6 Å². The van der Waals surface area contributed by atoms with Crippen LogP contribution in [-0.2, 0) is 10.8 Å². The first-order valence-corrected chi connectivity index (χ1v) is 15.0. The standard InChI is InChI=1S/C23H29N5O6S4/c1-38(34)21(37-23-28-26-20(36-23)13-8-4-2-5-9-13)16(18(32)19(33)17(31)15(30)12-29)25-27-22(35)24-14-10-6-3-7-11-14/h2-11,15-19,21,25,29-33H,12H2,1H3,(H2,24,27,35)/t15-,16?,17-,18+,19+,21?,38?/m1/s1. The van der Waals surface area contributed by atoms with Crippen LogP contribution in [-0.4, -0.2) is 93.0 Å². The number of thiocarbonyl (C=S) groups is 1. The third-order valence-electron chi connectivity index (χ3n) is 5.30. The van der Waals surface area contributed by atoms with Crippen molar-refractivity contribution in [2.24, 2.45) is 0 Å². The molecule has 8 N–H and O–H groups in total. The van der Waals surface area contributed by atoms with Crippen LogP contribution in [0.25, 0.3) is 10.6 Å². The van der Waals surface area contributed by atoms with Crippen molar-refractivity contribution in [3.05, 3.63) is 60.7 Å². The second kappa shape index (κ2) is 14.9. The Morgan fingerprint density at radius 2 is 1.63 bits per heavy atom.